The van der Waals surface area contributed by atoms with Crippen molar-refractivity contribution in [2.75, 3.05) is 19.0 Å². The summed E-state index contributed by atoms with van der Waals surface area (Å²) < 4.78 is 11.7. The molecular formula is C22H19BrClNO3. The molecule has 0 spiro atoms. The fourth-order valence-electron chi connectivity index (χ4n) is 2.69. The molecule has 3 rings (SSSR count). The lowest BCUT2D eigenvalue weighted by Gasteiger charge is -2.13. The first-order chi connectivity index (χ1) is 13.5. The maximum Gasteiger partial charge on any atom is 0.262 e. The van der Waals surface area contributed by atoms with Crippen molar-refractivity contribution in [2.24, 2.45) is 0 Å². The van der Waals surface area contributed by atoms with E-state index in [1.807, 2.05) is 55.5 Å². The molecule has 3 aromatic carbocycles. The lowest BCUT2D eigenvalue weighted by atomic mass is 10.1. The third kappa shape index (κ3) is 4.86. The van der Waals surface area contributed by atoms with Crippen LogP contribution in [0, 0.1) is 6.92 Å². The predicted octanol–water partition coefficient (Wildman–Crippen LogP) is 6.10. The van der Waals surface area contributed by atoms with Crippen molar-refractivity contribution >= 4 is 39.1 Å². The van der Waals surface area contributed by atoms with Gasteiger partial charge < -0.3 is 14.8 Å². The van der Waals surface area contributed by atoms with Crippen molar-refractivity contribution in [3.05, 3.63) is 75.7 Å². The summed E-state index contributed by atoms with van der Waals surface area (Å²) in [6.45, 7) is 1.73. The molecule has 0 saturated carbocycles. The number of ether oxygens (including phenoxy) is 2. The number of aryl methyl sites for hydroxylation is 1. The van der Waals surface area contributed by atoms with Gasteiger partial charge in [-0.1, -0.05) is 48.0 Å². The monoisotopic (exact) mass is 459 g/mol. The molecule has 0 fully saturated rings. The van der Waals surface area contributed by atoms with E-state index in [1.165, 1.54) is 7.11 Å². The smallest absolute Gasteiger partial charge is 0.262 e. The van der Waals surface area contributed by atoms with Gasteiger partial charge in [-0.05, 0) is 57.7 Å². The van der Waals surface area contributed by atoms with Gasteiger partial charge in [0.2, 0.25) is 0 Å². The van der Waals surface area contributed by atoms with Crippen molar-refractivity contribution in [1.29, 1.82) is 0 Å². The van der Waals surface area contributed by atoms with Gasteiger partial charge >= 0.3 is 0 Å². The molecule has 3 aromatic rings. The van der Waals surface area contributed by atoms with E-state index in [9.17, 15) is 4.79 Å². The summed E-state index contributed by atoms with van der Waals surface area (Å²) >= 11 is 9.60. The summed E-state index contributed by atoms with van der Waals surface area (Å²) in [6.07, 6.45) is 0. The first kappa shape index (κ1) is 20.2. The number of nitrogens with one attached hydrogen (secondary N) is 1. The molecule has 0 aliphatic rings. The van der Waals surface area contributed by atoms with E-state index in [4.69, 9.17) is 21.1 Å². The van der Waals surface area contributed by atoms with Crippen molar-refractivity contribution in [2.45, 2.75) is 6.92 Å². The minimum atomic E-state index is -0.293. The standard InChI is InChI=1S/C22H19BrClNO3/c1-14-10-19(21(27-2)12-18(14)24)25-22(26)13-28-20-9-8-16(11-17(20)23)15-6-4-3-5-7-15/h3-12H,13H2,1-2H3,(H,25,26). The van der Waals surface area contributed by atoms with Gasteiger partial charge in [-0.2, -0.15) is 0 Å². The van der Waals surface area contributed by atoms with Crippen LogP contribution in [0.4, 0.5) is 5.69 Å². The molecule has 0 saturated heterocycles. The number of benzene rings is 3. The molecular weight excluding hydrogens is 442 g/mol. The van der Waals surface area contributed by atoms with Crippen LogP contribution >= 0.6 is 27.5 Å². The van der Waals surface area contributed by atoms with Gasteiger partial charge in [-0.3, -0.25) is 4.79 Å². The topological polar surface area (TPSA) is 47.6 Å². The minimum Gasteiger partial charge on any atom is -0.495 e. The van der Waals surface area contributed by atoms with Gasteiger partial charge in [0.05, 0.1) is 17.3 Å². The Kier molecular flexibility index (Phi) is 6.60. The minimum absolute atomic E-state index is 0.131. The van der Waals surface area contributed by atoms with E-state index >= 15 is 0 Å². The molecule has 0 aliphatic carbocycles. The molecule has 0 heterocycles. The molecule has 0 radical (unpaired) electrons. The SMILES string of the molecule is COc1cc(Cl)c(C)cc1NC(=O)COc1ccc(-c2ccccc2)cc1Br. The third-order valence-corrected chi connectivity index (χ3v) is 5.18. The quantitative estimate of drug-likeness (QED) is 0.483. The van der Waals surface area contributed by atoms with Gasteiger partial charge in [0, 0.05) is 11.1 Å². The molecule has 1 amide bonds. The molecule has 0 atom stereocenters. The molecule has 0 bridgehead atoms. The Labute approximate surface area is 177 Å². The summed E-state index contributed by atoms with van der Waals surface area (Å²) in [5.74, 6) is 0.797. The van der Waals surface area contributed by atoms with Crippen LogP contribution in [0.2, 0.25) is 5.02 Å². The van der Waals surface area contributed by atoms with E-state index in [2.05, 4.69) is 21.2 Å². The van der Waals surface area contributed by atoms with Crippen LogP contribution < -0.4 is 14.8 Å². The summed E-state index contributed by atoms with van der Waals surface area (Å²) in [4.78, 5) is 12.3. The highest BCUT2D eigenvalue weighted by Gasteiger charge is 2.12. The summed E-state index contributed by atoms with van der Waals surface area (Å²) in [7, 11) is 1.53. The van der Waals surface area contributed by atoms with Gasteiger partial charge in [0.1, 0.15) is 11.5 Å². The van der Waals surface area contributed by atoms with E-state index < -0.39 is 0 Å². The Bertz CT molecular complexity index is 993. The highest BCUT2D eigenvalue weighted by atomic mass is 79.9. The predicted molar refractivity (Wildman–Crippen MR) is 116 cm³/mol. The second kappa shape index (κ2) is 9.13. The van der Waals surface area contributed by atoms with Gasteiger partial charge in [0.25, 0.3) is 5.91 Å². The number of anilines is 1. The van der Waals surface area contributed by atoms with Crippen molar-refractivity contribution in [3.8, 4) is 22.6 Å². The molecule has 0 aromatic heterocycles. The second-order valence-electron chi connectivity index (χ2n) is 6.15. The Balaban J connectivity index is 1.66. The fourth-order valence-corrected chi connectivity index (χ4v) is 3.33. The molecule has 6 heteroatoms. The second-order valence-corrected chi connectivity index (χ2v) is 7.41. The number of hydrogen-bond acceptors (Lipinski definition) is 3. The van der Waals surface area contributed by atoms with Crippen molar-refractivity contribution < 1.29 is 14.3 Å². The molecule has 28 heavy (non-hydrogen) atoms. The molecule has 144 valence electrons. The number of rotatable bonds is 6. The Morgan fingerprint density at radius 3 is 2.46 bits per heavy atom. The molecule has 0 aliphatic heterocycles. The summed E-state index contributed by atoms with van der Waals surface area (Å²) in [6, 6.07) is 19.2. The first-order valence-corrected chi connectivity index (χ1v) is 9.77. The van der Waals surface area contributed by atoms with Gasteiger partial charge in [-0.25, -0.2) is 0 Å². The average molecular weight is 461 g/mol. The van der Waals surface area contributed by atoms with Crippen LogP contribution in [0.1, 0.15) is 5.56 Å². The normalized spacial score (nSPS) is 10.4. The van der Waals surface area contributed by atoms with Crippen LogP contribution in [-0.4, -0.2) is 19.6 Å². The Hall–Kier alpha value is -2.50. The maximum atomic E-state index is 12.3. The van der Waals surface area contributed by atoms with Crippen LogP contribution in [0.15, 0.2) is 65.1 Å². The number of hydrogen-bond donors (Lipinski definition) is 1. The highest BCUT2D eigenvalue weighted by molar-refractivity contribution is 9.10. The van der Waals surface area contributed by atoms with Gasteiger partial charge in [-0.15, -0.1) is 0 Å². The molecule has 4 nitrogen and oxygen atoms in total. The summed E-state index contributed by atoms with van der Waals surface area (Å²) in [5.41, 5.74) is 3.57. The number of carbonyl (C=O) groups is 1. The number of halogens is 2. The lowest BCUT2D eigenvalue weighted by molar-refractivity contribution is -0.118. The summed E-state index contributed by atoms with van der Waals surface area (Å²) in [5, 5.41) is 3.37. The lowest BCUT2D eigenvalue weighted by Crippen LogP contribution is -2.20. The number of amides is 1. The highest BCUT2D eigenvalue weighted by Crippen LogP contribution is 2.32. The van der Waals surface area contributed by atoms with Crippen LogP contribution in [0.25, 0.3) is 11.1 Å². The zero-order valence-corrected chi connectivity index (χ0v) is 17.8. The Morgan fingerprint density at radius 1 is 1.04 bits per heavy atom. The Morgan fingerprint density at radius 2 is 1.79 bits per heavy atom. The maximum absolute atomic E-state index is 12.3. The van der Waals surface area contributed by atoms with E-state index in [1.54, 1.807) is 12.1 Å². The van der Waals surface area contributed by atoms with E-state index in [0.717, 1.165) is 21.2 Å². The average Bonchev–Trinajstić information content (AvgIpc) is 2.70. The molecule has 0 unspecified atom stereocenters. The zero-order chi connectivity index (χ0) is 20.1. The number of carbonyl (C=O) groups excluding carboxylic acids is 1. The number of methoxy groups -OCH3 is 1. The van der Waals surface area contributed by atoms with E-state index in [0.29, 0.717) is 22.2 Å². The van der Waals surface area contributed by atoms with Crippen molar-refractivity contribution in [1.82, 2.24) is 0 Å². The molecule has 1 N–H and O–H groups in total. The zero-order valence-electron chi connectivity index (χ0n) is 15.5. The van der Waals surface area contributed by atoms with Crippen LogP contribution in [0.5, 0.6) is 11.5 Å². The fraction of sp³-hybridized carbons (Fsp3) is 0.136. The van der Waals surface area contributed by atoms with Crippen LogP contribution in [0.3, 0.4) is 0 Å². The van der Waals surface area contributed by atoms with Crippen molar-refractivity contribution in [3.63, 3.8) is 0 Å². The van der Waals surface area contributed by atoms with Crippen LogP contribution in [-0.2, 0) is 4.79 Å². The van der Waals surface area contributed by atoms with E-state index in [-0.39, 0.29) is 12.5 Å². The van der Waals surface area contributed by atoms with Gasteiger partial charge in [0.15, 0.2) is 6.61 Å². The largest absolute Gasteiger partial charge is 0.495 e. The third-order valence-electron chi connectivity index (χ3n) is 4.15. The first-order valence-electron chi connectivity index (χ1n) is 8.59.